The highest BCUT2D eigenvalue weighted by molar-refractivity contribution is 7.72. The Morgan fingerprint density at radius 2 is 0.885 bits per heavy atom. The highest BCUT2D eigenvalue weighted by Crippen LogP contribution is 2.36. The maximum atomic E-state index is 4.35. The first kappa shape index (κ1) is 26.3. The molecule has 0 aliphatic heterocycles. The molecule has 2 heteroatoms. The van der Waals surface area contributed by atoms with Gasteiger partial charge in [-0.15, -0.1) is 13.2 Å². The van der Waals surface area contributed by atoms with Gasteiger partial charge in [-0.2, -0.15) is 0 Å². The molecule has 0 heterocycles. The Kier molecular flexibility index (Phi) is 18.8. The van der Waals surface area contributed by atoms with Crippen LogP contribution in [-0.2, 0) is 0 Å². The average Bonchev–Trinajstić information content (AvgIpc) is 2.58. The van der Waals surface area contributed by atoms with Crippen molar-refractivity contribution in [1.29, 1.82) is 0 Å². The van der Waals surface area contributed by atoms with Crippen molar-refractivity contribution in [1.82, 2.24) is 4.90 Å². The van der Waals surface area contributed by atoms with E-state index in [1.807, 2.05) is 0 Å². The molecule has 0 spiro atoms. The normalized spacial score (nSPS) is 12.2. The molecule has 26 heavy (non-hydrogen) atoms. The molecule has 0 aliphatic carbocycles. The lowest BCUT2D eigenvalue weighted by Gasteiger charge is -2.22. The molecule has 0 saturated carbocycles. The Bertz CT molecular complexity index is 304. The van der Waals surface area contributed by atoms with Gasteiger partial charge in [-0.05, 0) is 64.8 Å². The van der Waals surface area contributed by atoms with Gasteiger partial charge in [0.05, 0.1) is 0 Å². The zero-order chi connectivity index (χ0) is 19.5. The molecule has 0 unspecified atom stereocenters. The molecule has 0 bridgehead atoms. The van der Waals surface area contributed by atoms with Gasteiger partial charge in [0.1, 0.15) is 0 Å². The topological polar surface area (TPSA) is 3.24 Å². The molecular weight excluding hydrogens is 333 g/mol. The summed E-state index contributed by atoms with van der Waals surface area (Å²) >= 11 is 0. The van der Waals surface area contributed by atoms with Crippen LogP contribution < -0.4 is 0 Å². The standard InChI is InChI=1S/C24H52NP/c1-6-8-10-12-14-17-21-25(22-18-15-13-11-9-7-2)23-19-16-20-24-26(3,4)5/h3,6-24H2,1-2,4-5H3. The van der Waals surface area contributed by atoms with Gasteiger partial charge >= 0.3 is 0 Å². The maximum Gasteiger partial charge on any atom is -0.00187 e. The molecular formula is C24H52NP. The lowest BCUT2D eigenvalue weighted by Crippen LogP contribution is -2.27. The van der Waals surface area contributed by atoms with Gasteiger partial charge in [-0.25, -0.2) is 0 Å². The second kappa shape index (κ2) is 18.6. The van der Waals surface area contributed by atoms with Crippen molar-refractivity contribution >= 4 is 13.2 Å². The van der Waals surface area contributed by atoms with Crippen molar-refractivity contribution in [2.24, 2.45) is 0 Å². The van der Waals surface area contributed by atoms with Crippen LogP contribution in [0.25, 0.3) is 0 Å². The van der Waals surface area contributed by atoms with Crippen LogP contribution in [0.3, 0.4) is 0 Å². The van der Waals surface area contributed by atoms with E-state index in [0.717, 1.165) is 0 Å². The number of nitrogens with zero attached hydrogens (tertiary/aromatic N) is 1. The highest BCUT2D eigenvalue weighted by atomic mass is 31.2. The van der Waals surface area contributed by atoms with Crippen molar-refractivity contribution in [2.45, 2.75) is 110 Å². The zero-order valence-corrected chi connectivity index (χ0v) is 19.9. The van der Waals surface area contributed by atoms with Gasteiger partial charge in [0.25, 0.3) is 0 Å². The van der Waals surface area contributed by atoms with E-state index >= 15 is 0 Å². The van der Waals surface area contributed by atoms with E-state index in [2.05, 4.69) is 38.4 Å². The number of hydrogen-bond donors (Lipinski definition) is 0. The first-order chi connectivity index (χ1) is 12.5. The first-order valence-electron chi connectivity index (χ1n) is 11.9. The number of rotatable bonds is 20. The molecule has 0 aromatic rings. The van der Waals surface area contributed by atoms with E-state index in [9.17, 15) is 0 Å². The third-order valence-corrected chi connectivity index (χ3v) is 6.92. The molecule has 0 radical (unpaired) electrons. The Morgan fingerprint density at radius 3 is 1.27 bits per heavy atom. The Hall–Kier alpha value is 0.260. The molecule has 0 atom stereocenters. The summed E-state index contributed by atoms with van der Waals surface area (Å²) in [6, 6.07) is 0. The van der Waals surface area contributed by atoms with E-state index in [1.54, 1.807) is 0 Å². The largest absolute Gasteiger partial charge is 0.303 e. The summed E-state index contributed by atoms with van der Waals surface area (Å²) in [6.07, 6.45) is 27.0. The summed E-state index contributed by atoms with van der Waals surface area (Å²) in [5.41, 5.74) is 0. The monoisotopic (exact) mass is 385 g/mol. The predicted molar refractivity (Wildman–Crippen MR) is 128 cm³/mol. The lowest BCUT2D eigenvalue weighted by atomic mass is 10.1. The zero-order valence-electron chi connectivity index (χ0n) is 19.0. The minimum absolute atomic E-state index is 0.806. The van der Waals surface area contributed by atoms with Crippen LogP contribution in [-0.4, -0.2) is 50.3 Å². The molecule has 0 rings (SSSR count). The summed E-state index contributed by atoms with van der Waals surface area (Å²) in [6.45, 7) is 12.6. The SMILES string of the molecule is C=P(C)(C)CCCCCN(CCCCCCCC)CCCCCCCC. The minimum atomic E-state index is -0.806. The van der Waals surface area contributed by atoms with E-state index in [0.29, 0.717) is 0 Å². The first-order valence-corrected chi connectivity index (χ1v) is 14.9. The van der Waals surface area contributed by atoms with Crippen molar-refractivity contribution in [3.8, 4) is 0 Å². The molecule has 0 fully saturated rings. The van der Waals surface area contributed by atoms with Crippen LogP contribution in [0, 0.1) is 0 Å². The molecule has 0 saturated heterocycles. The van der Waals surface area contributed by atoms with E-state index in [-0.39, 0.29) is 0 Å². The predicted octanol–water partition coefficient (Wildman–Crippen LogP) is 7.89. The smallest absolute Gasteiger partial charge is 0.00187 e. The Morgan fingerprint density at radius 1 is 0.538 bits per heavy atom. The number of hydrogen-bond acceptors (Lipinski definition) is 1. The van der Waals surface area contributed by atoms with Crippen LogP contribution in [0.15, 0.2) is 0 Å². The van der Waals surface area contributed by atoms with Crippen LogP contribution in [0.5, 0.6) is 0 Å². The molecule has 158 valence electrons. The lowest BCUT2D eigenvalue weighted by molar-refractivity contribution is 0.255. The molecule has 0 aliphatic rings. The van der Waals surface area contributed by atoms with Gasteiger partial charge < -0.3 is 4.90 Å². The van der Waals surface area contributed by atoms with E-state index < -0.39 is 6.89 Å². The van der Waals surface area contributed by atoms with Gasteiger partial charge in [0, 0.05) is 0 Å². The van der Waals surface area contributed by atoms with Gasteiger partial charge in [0.15, 0.2) is 0 Å². The van der Waals surface area contributed by atoms with Gasteiger partial charge in [-0.3, -0.25) is 0 Å². The molecule has 0 amide bonds. The van der Waals surface area contributed by atoms with Gasteiger partial charge in [-0.1, -0.05) is 84.5 Å². The maximum absolute atomic E-state index is 4.35. The van der Waals surface area contributed by atoms with Crippen LogP contribution in [0.2, 0.25) is 0 Å². The fourth-order valence-electron chi connectivity index (χ4n) is 3.62. The third-order valence-electron chi connectivity index (χ3n) is 5.39. The summed E-state index contributed by atoms with van der Waals surface area (Å²) < 4.78 is 0. The van der Waals surface area contributed by atoms with Crippen LogP contribution >= 0.6 is 6.89 Å². The molecule has 0 aromatic heterocycles. The second-order valence-electron chi connectivity index (χ2n) is 9.10. The highest BCUT2D eigenvalue weighted by Gasteiger charge is 2.06. The van der Waals surface area contributed by atoms with Crippen molar-refractivity contribution < 1.29 is 0 Å². The van der Waals surface area contributed by atoms with Crippen molar-refractivity contribution in [3.63, 3.8) is 0 Å². The van der Waals surface area contributed by atoms with Crippen LogP contribution in [0.4, 0.5) is 0 Å². The fraction of sp³-hybridized carbons (Fsp3) is 0.958. The summed E-state index contributed by atoms with van der Waals surface area (Å²) in [4.78, 5) is 2.78. The molecule has 0 aromatic carbocycles. The summed E-state index contributed by atoms with van der Waals surface area (Å²) in [7, 11) is 0. The minimum Gasteiger partial charge on any atom is -0.303 e. The quantitative estimate of drug-likeness (QED) is 0.152. The summed E-state index contributed by atoms with van der Waals surface area (Å²) in [5, 5.41) is 0. The second-order valence-corrected chi connectivity index (χ2v) is 13.4. The Balaban J connectivity index is 3.89. The molecule has 1 nitrogen and oxygen atoms in total. The van der Waals surface area contributed by atoms with Crippen molar-refractivity contribution in [3.05, 3.63) is 0 Å². The van der Waals surface area contributed by atoms with Gasteiger partial charge in [0.2, 0.25) is 0 Å². The van der Waals surface area contributed by atoms with Crippen LogP contribution in [0.1, 0.15) is 110 Å². The average molecular weight is 386 g/mol. The fourth-order valence-corrected chi connectivity index (χ4v) is 4.70. The molecule has 0 N–H and O–H groups in total. The Labute approximate surface area is 167 Å². The van der Waals surface area contributed by atoms with Crippen molar-refractivity contribution in [2.75, 3.05) is 39.1 Å². The van der Waals surface area contributed by atoms with E-state index in [4.69, 9.17) is 0 Å². The third kappa shape index (κ3) is 20.6. The number of unbranched alkanes of at least 4 members (excludes halogenated alkanes) is 12. The van der Waals surface area contributed by atoms with E-state index in [1.165, 1.54) is 122 Å². The summed E-state index contributed by atoms with van der Waals surface area (Å²) in [5.74, 6) is 0.